The van der Waals surface area contributed by atoms with Crippen molar-refractivity contribution in [3.05, 3.63) is 88.7 Å². The molecule has 1 aliphatic heterocycles. The average molecular weight is 485 g/mol. The molecule has 178 valence electrons. The quantitative estimate of drug-likeness (QED) is 0.359. The van der Waals surface area contributed by atoms with E-state index in [2.05, 4.69) is 5.48 Å². The Balaban J connectivity index is 1.93. The number of carbonyl (C=O) groups is 1. The zero-order valence-corrected chi connectivity index (χ0v) is 17.1. The zero-order valence-electron chi connectivity index (χ0n) is 17.1. The zero-order chi connectivity index (χ0) is 24.9. The van der Waals surface area contributed by atoms with Crippen molar-refractivity contribution < 1.29 is 45.1 Å². The van der Waals surface area contributed by atoms with Crippen LogP contribution in [0.2, 0.25) is 0 Å². The third-order valence-electron chi connectivity index (χ3n) is 5.36. The van der Waals surface area contributed by atoms with Gasteiger partial charge in [-0.05, 0) is 41.1 Å². The second-order valence-corrected chi connectivity index (χ2v) is 7.42. The minimum atomic E-state index is -5.26. The first-order valence-electron chi connectivity index (χ1n) is 9.60. The molecular formula is C23H14F7NO3. The minimum absolute atomic E-state index is 0.0969. The van der Waals surface area contributed by atoms with Crippen molar-refractivity contribution in [1.29, 1.82) is 0 Å². The predicted octanol–water partition coefficient (Wildman–Crippen LogP) is 6.12. The SMILES string of the molecule is COC(=O)c1ccc(C2=CC(c3cc(F)cc(C(F)(F)F)c3)(C(F)(F)F)ON2)c2ccccc12. The molecule has 0 fully saturated rings. The molecule has 4 nitrogen and oxygen atoms in total. The Labute approximate surface area is 187 Å². The van der Waals surface area contributed by atoms with Gasteiger partial charge in [-0.3, -0.25) is 10.3 Å². The lowest BCUT2D eigenvalue weighted by Crippen LogP contribution is -2.42. The smallest absolute Gasteiger partial charge is 0.428 e. The van der Waals surface area contributed by atoms with Crippen LogP contribution in [0.1, 0.15) is 27.0 Å². The summed E-state index contributed by atoms with van der Waals surface area (Å²) in [6.07, 6.45) is -9.80. The van der Waals surface area contributed by atoms with E-state index < -0.39 is 40.9 Å². The Hall–Kier alpha value is -3.60. The molecule has 0 aromatic heterocycles. The molecule has 0 saturated heterocycles. The Bertz CT molecular complexity index is 1310. The van der Waals surface area contributed by atoms with Crippen LogP contribution in [0.3, 0.4) is 0 Å². The number of hydrogen-bond donors (Lipinski definition) is 1. The second kappa shape index (κ2) is 8.01. The first-order chi connectivity index (χ1) is 15.9. The molecule has 3 aromatic rings. The van der Waals surface area contributed by atoms with Crippen LogP contribution in [0, 0.1) is 5.82 Å². The number of fused-ring (bicyclic) bond motifs is 1. The summed E-state index contributed by atoms with van der Waals surface area (Å²) in [4.78, 5) is 16.9. The predicted molar refractivity (Wildman–Crippen MR) is 107 cm³/mol. The molecule has 1 unspecified atom stereocenters. The van der Waals surface area contributed by atoms with Gasteiger partial charge in [-0.25, -0.2) is 9.18 Å². The highest BCUT2D eigenvalue weighted by atomic mass is 19.4. The molecule has 0 spiro atoms. The maximum Gasteiger partial charge on any atom is 0.428 e. The van der Waals surface area contributed by atoms with E-state index >= 15 is 0 Å². The number of carbonyl (C=O) groups excluding carboxylic acids is 1. The fraction of sp³-hybridized carbons (Fsp3) is 0.174. The number of halogens is 7. The molecule has 1 aliphatic rings. The van der Waals surface area contributed by atoms with E-state index in [1.807, 2.05) is 0 Å². The molecule has 1 N–H and O–H groups in total. The van der Waals surface area contributed by atoms with Crippen LogP contribution >= 0.6 is 0 Å². The topological polar surface area (TPSA) is 47.6 Å². The molecule has 0 bridgehead atoms. The number of methoxy groups -OCH3 is 1. The molecule has 1 atom stereocenters. The van der Waals surface area contributed by atoms with E-state index in [-0.39, 0.29) is 29.0 Å². The highest BCUT2D eigenvalue weighted by molar-refractivity contribution is 6.07. The van der Waals surface area contributed by atoms with Gasteiger partial charge in [0.05, 0.1) is 23.9 Å². The van der Waals surface area contributed by atoms with Crippen molar-refractivity contribution in [2.24, 2.45) is 0 Å². The summed E-state index contributed by atoms with van der Waals surface area (Å²) in [6.45, 7) is 0. The van der Waals surface area contributed by atoms with Crippen LogP contribution in [0.5, 0.6) is 0 Å². The van der Waals surface area contributed by atoms with E-state index in [1.165, 1.54) is 25.3 Å². The number of hydrogen-bond acceptors (Lipinski definition) is 4. The Morgan fingerprint density at radius 1 is 0.971 bits per heavy atom. The van der Waals surface area contributed by atoms with Crippen molar-refractivity contribution >= 4 is 22.4 Å². The molecule has 1 heterocycles. The molecule has 0 saturated carbocycles. The molecule has 11 heteroatoms. The number of ether oxygens (including phenoxy) is 1. The molecule has 0 radical (unpaired) electrons. The fourth-order valence-electron chi connectivity index (χ4n) is 3.77. The second-order valence-electron chi connectivity index (χ2n) is 7.42. The number of rotatable bonds is 3. The summed E-state index contributed by atoms with van der Waals surface area (Å²) in [5.74, 6) is -2.18. The van der Waals surface area contributed by atoms with Gasteiger partial charge in [-0.15, -0.1) is 0 Å². The van der Waals surface area contributed by atoms with E-state index in [9.17, 15) is 35.5 Å². The lowest BCUT2D eigenvalue weighted by atomic mass is 9.89. The third-order valence-corrected chi connectivity index (χ3v) is 5.36. The summed E-state index contributed by atoms with van der Waals surface area (Å²) >= 11 is 0. The van der Waals surface area contributed by atoms with Crippen molar-refractivity contribution in [3.8, 4) is 0 Å². The summed E-state index contributed by atoms with van der Waals surface area (Å²) in [6, 6.07) is 9.59. The van der Waals surface area contributed by atoms with Gasteiger partial charge in [-0.1, -0.05) is 30.3 Å². The lowest BCUT2D eigenvalue weighted by Gasteiger charge is -2.29. The summed E-state index contributed by atoms with van der Waals surface area (Å²) in [7, 11) is 1.17. The number of benzene rings is 3. The summed E-state index contributed by atoms with van der Waals surface area (Å²) in [5, 5.41) is 0.713. The number of esters is 1. The maximum atomic E-state index is 14.2. The largest absolute Gasteiger partial charge is 0.465 e. The van der Waals surface area contributed by atoms with Gasteiger partial charge in [0.25, 0.3) is 0 Å². The Kier molecular flexibility index (Phi) is 5.55. The fourth-order valence-corrected chi connectivity index (χ4v) is 3.77. The molecular weight excluding hydrogens is 471 g/mol. The van der Waals surface area contributed by atoms with Crippen LogP contribution in [-0.4, -0.2) is 19.3 Å². The van der Waals surface area contributed by atoms with Crippen molar-refractivity contribution in [2.45, 2.75) is 18.0 Å². The number of hydroxylamine groups is 1. The molecule has 3 aromatic carbocycles. The highest BCUT2D eigenvalue weighted by Gasteiger charge is 2.60. The van der Waals surface area contributed by atoms with Gasteiger partial charge in [0, 0.05) is 11.1 Å². The van der Waals surface area contributed by atoms with Gasteiger partial charge < -0.3 is 4.74 Å². The van der Waals surface area contributed by atoms with Crippen LogP contribution < -0.4 is 5.48 Å². The summed E-state index contributed by atoms with van der Waals surface area (Å²) in [5.41, 5.74) is -3.88. The van der Waals surface area contributed by atoms with Crippen molar-refractivity contribution in [2.75, 3.05) is 7.11 Å². The van der Waals surface area contributed by atoms with Crippen molar-refractivity contribution in [3.63, 3.8) is 0 Å². The number of nitrogens with one attached hydrogen (secondary N) is 1. The molecule has 34 heavy (non-hydrogen) atoms. The average Bonchev–Trinajstić information content (AvgIpc) is 3.23. The molecule has 4 rings (SSSR count). The van der Waals surface area contributed by atoms with Crippen LogP contribution in [0.25, 0.3) is 16.5 Å². The first kappa shape index (κ1) is 23.6. The van der Waals surface area contributed by atoms with E-state index in [4.69, 9.17) is 9.57 Å². The minimum Gasteiger partial charge on any atom is -0.465 e. The van der Waals surface area contributed by atoms with Crippen LogP contribution in [0.4, 0.5) is 30.7 Å². The van der Waals surface area contributed by atoms with Gasteiger partial charge in [0.15, 0.2) is 0 Å². The van der Waals surface area contributed by atoms with Gasteiger partial charge in [0.2, 0.25) is 5.60 Å². The number of alkyl halides is 6. The normalized spacial score (nSPS) is 18.5. The van der Waals surface area contributed by atoms with Crippen LogP contribution in [0.15, 0.2) is 60.7 Å². The standard InChI is InChI=1S/C23H14F7NO3/c1-33-20(32)18-7-6-17(15-4-2-3-5-16(15)18)19-11-21(34-31-19,23(28,29)30)12-8-13(22(25,26)27)10-14(24)9-12/h2-11,31H,1H3. The third kappa shape index (κ3) is 3.85. The Morgan fingerprint density at radius 2 is 1.65 bits per heavy atom. The summed E-state index contributed by atoms with van der Waals surface area (Å²) < 4.78 is 101. The van der Waals surface area contributed by atoms with Gasteiger partial charge in [0.1, 0.15) is 5.82 Å². The lowest BCUT2D eigenvalue weighted by molar-refractivity contribution is -0.269. The van der Waals surface area contributed by atoms with E-state index in [0.29, 0.717) is 22.9 Å². The molecule has 0 aliphatic carbocycles. The maximum absolute atomic E-state index is 14.2. The first-order valence-corrected chi connectivity index (χ1v) is 9.60. The monoisotopic (exact) mass is 485 g/mol. The highest BCUT2D eigenvalue weighted by Crippen LogP contribution is 2.49. The van der Waals surface area contributed by atoms with Gasteiger partial charge in [-0.2, -0.15) is 26.3 Å². The molecule has 0 amide bonds. The van der Waals surface area contributed by atoms with E-state index in [1.54, 1.807) is 18.2 Å². The van der Waals surface area contributed by atoms with Crippen LogP contribution in [-0.2, 0) is 21.4 Å². The van der Waals surface area contributed by atoms with Crippen molar-refractivity contribution in [1.82, 2.24) is 5.48 Å². The van der Waals surface area contributed by atoms with Gasteiger partial charge >= 0.3 is 18.3 Å². The van der Waals surface area contributed by atoms with E-state index in [0.717, 1.165) is 0 Å². The Morgan fingerprint density at radius 3 is 2.26 bits per heavy atom.